The molecule has 104 valence electrons. The monoisotopic (exact) mass is 285 g/mol. The predicted octanol–water partition coefficient (Wildman–Crippen LogP) is 4.18. The van der Waals surface area contributed by atoms with Crippen LogP contribution in [0.25, 0.3) is 0 Å². The number of hydrogen-bond donors (Lipinski definition) is 0. The fourth-order valence-corrected chi connectivity index (χ4v) is 2.60. The number of thioether (sulfide) groups is 1. The van der Waals surface area contributed by atoms with Gasteiger partial charge in [0.25, 0.3) is 0 Å². The standard InChI is InChI=1S/C17H19NOS/c1-3-13-5-8-15(18-12-13)11-17(19)14-6-9-16(10-7-14)20-4-2/h5-10,12H,3-4,11H2,1-2H3. The molecule has 2 rings (SSSR count). The fraction of sp³-hybridized carbons (Fsp3) is 0.294. The Kier molecular flexibility index (Phi) is 5.36. The number of pyridine rings is 1. The topological polar surface area (TPSA) is 30.0 Å². The van der Waals surface area contributed by atoms with Crippen molar-refractivity contribution in [1.82, 2.24) is 4.98 Å². The molecule has 0 bridgehead atoms. The zero-order valence-electron chi connectivity index (χ0n) is 11.9. The van der Waals surface area contributed by atoms with Gasteiger partial charge in [0.05, 0.1) is 6.42 Å². The summed E-state index contributed by atoms with van der Waals surface area (Å²) in [6.45, 7) is 4.22. The van der Waals surface area contributed by atoms with Crippen LogP contribution in [0.2, 0.25) is 0 Å². The van der Waals surface area contributed by atoms with Crippen molar-refractivity contribution < 1.29 is 4.79 Å². The van der Waals surface area contributed by atoms with E-state index in [1.165, 1.54) is 10.5 Å². The molecule has 0 saturated heterocycles. The number of hydrogen-bond acceptors (Lipinski definition) is 3. The van der Waals surface area contributed by atoms with Crippen LogP contribution in [-0.4, -0.2) is 16.5 Å². The van der Waals surface area contributed by atoms with Gasteiger partial charge in [-0.25, -0.2) is 0 Å². The van der Waals surface area contributed by atoms with Crippen LogP contribution in [0.15, 0.2) is 47.5 Å². The van der Waals surface area contributed by atoms with E-state index in [4.69, 9.17) is 0 Å². The first-order chi connectivity index (χ1) is 9.72. The van der Waals surface area contributed by atoms with E-state index in [1.807, 2.05) is 42.6 Å². The third-order valence-corrected chi connectivity index (χ3v) is 4.02. The van der Waals surface area contributed by atoms with E-state index >= 15 is 0 Å². The molecule has 0 radical (unpaired) electrons. The van der Waals surface area contributed by atoms with Crippen molar-refractivity contribution >= 4 is 17.5 Å². The molecule has 0 spiro atoms. The maximum Gasteiger partial charge on any atom is 0.168 e. The molecule has 0 N–H and O–H groups in total. The highest BCUT2D eigenvalue weighted by Crippen LogP contribution is 2.18. The molecule has 0 fully saturated rings. The second-order valence-corrected chi connectivity index (χ2v) is 5.91. The molecular formula is C17H19NOS. The van der Waals surface area contributed by atoms with Gasteiger partial charge in [-0.3, -0.25) is 9.78 Å². The first-order valence-corrected chi connectivity index (χ1v) is 7.91. The van der Waals surface area contributed by atoms with Crippen molar-refractivity contribution in [1.29, 1.82) is 0 Å². The molecule has 2 aromatic rings. The van der Waals surface area contributed by atoms with Gasteiger partial charge in [0, 0.05) is 22.3 Å². The number of rotatable bonds is 6. The molecule has 0 aliphatic rings. The minimum absolute atomic E-state index is 0.120. The van der Waals surface area contributed by atoms with E-state index in [9.17, 15) is 4.79 Å². The normalized spacial score (nSPS) is 10.5. The van der Waals surface area contributed by atoms with Crippen LogP contribution in [0.1, 0.15) is 35.5 Å². The van der Waals surface area contributed by atoms with Crippen LogP contribution >= 0.6 is 11.8 Å². The summed E-state index contributed by atoms with van der Waals surface area (Å²) in [5.74, 6) is 1.16. The molecule has 0 aliphatic carbocycles. The van der Waals surface area contributed by atoms with Crippen molar-refractivity contribution in [2.75, 3.05) is 5.75 Å². The highest BCUT2D eigenvalue weighted by Gasteiger charge is 2.08. The Morgan fingerprint density at radius 2 is 1.85 bits per heavy atom. The maximum atomic E-state index is 12.2. The third kappa shape index (κ3) is 3.94. The van der Waals surface area contributed by atoms with Crippen LogP contribution in [0, 0.1) is 0 Å². The van der Waals surface area contributed by atoms with Gasteiger partial charge in [-0.2, -0.15) is 0 Å². The Hall–Kier alpha value is -1.61. The molecule has 1 heterocycles. The summed E-state index contributed by atoms with van der Waals surface area (Å²) < 4.78 is 0. The molecule has 20 heavy (non-hydrogen) atoms. The van der Waals surface area contributed by atoms with Crippen molar-refractivity contribution in [3.63, 3.8) is 0 Å². The zero-order valence-corrected chi connectivity index (χ0v) is 12.7. The van der Waals surface area contributed by atoms with Crippen LogP contribution in [0.5, 0.6) is 0 Å². The molecule has 0 aliphatic heterocycles. The Morgan fingerprint density at radius 1 is 1.10 bits per heavy atom. The van der Waals surface area contributed by atoms with E-state index in [1.54, 1.807) is 11.8 Å². The lowest BCUT2D eigenvalue weighted by Crippen LogP contribution is -2.05. The summed E-state index contributed by atoms with van der Waals surface area (Å²) in [6.07, 6.45) is 3.19. The second kappa shape index (κ2) is 7.25. The largest absolute Gasteiger partial charge is 0.294 e. The minimum Gasteiger partial charge on any atom is -0.294 e. The fourth-order valence-electron chi connectivity index (χ4n) is 1.94. The van der Waals surface area contributed by atoms with Gasteiger partial charge in [-0.15, -0.1) is 11.8 Å². The quantitative estimate of drug-likeness (QED) is 0.589. The van der Waals surface area contributed by atoms with Gasteiger partial charge in [0.15, 0.2) is 5.78 Å². The predicted molar refractivity (Wildman–Crippen MR) is 84.5 cm³/mol. The molecule has 0 atom stereocenters. The van der Waals surface area contributed by atoms with Crippen LogP contribution < -0.4 is 0 Å². The maximum absolute atomic E-state index is 12.2. The summed E-state index contributed by atoms with van der Waals surface area (Å²) in [5, 5.41) is 0. The van der Waals surface area contributed by atoms with Crippen LogP contribution in [-0.2, 0) is 12.8 Å². The van der Waals surface area contributed by atoms with Gasteiger partial charge < -0.3 is 0 Å². The van der Waals surface area contributed by atoms with Crippen molar-refractivity contribution in [2.24, 2.45) is 0 Å². The molecule has 1 aromatic heterocycles. The van der Waals surface area contributed by atoms with Crippen molar-refractivity contribution in [3.8, 4) is 0 Å². The lowest BCUT2D eigenvalue weighted by Gasteiger charge is -2.04. The lowest BCUT2D eigenvalue weighted by atomic mass is 10.1. The second-order valence-electron chi connectivity index (χ2n) is 4.57. The molecule has 3 heteroatoms. The number of nitrogens with zero attached hydrogens (tertiary/aromatic N) is 1. The Morgan fingerprint density at radius 3 is 2.40 bits per heavy atom. The van der Waals surface area contributed by atoms with Gasteiger partial charge in [0.2, 0.25) is 0 Å². The van der Waals surface area contributed by atoms with E-state index in [-0.39, 0.29) is 5.78 Å². The summed E-state index contributed by atoms with van der Waals surface area (Å²) >= 11 is 1.78. The number of benzene rings is 1. The van der Waals surface area contributed by atoms with Crippen LogP contribution in [0.3, 0.4) is 0 Å². The molecule has 0 saturated carbocycles. The number of aryl methyl sites for hydroxylation is 1. The SMILES string of the molecule is CCSc1ccc(C(=O)Cc2ccc(CC)cn2)cc1. The smallest absolute Gasteiger partial charge is 0.168 e. The first kappa shape index (κ1) is 14.8. The molecule has 1 aromatic carbocycles. The Bertz CT molecular complexity index is 561. The average Bonchev–Trinajstić information content (AvgIpc) is 2.49. The first-order valence-electron chi connectivity index (χ1n) is 6.92. The number of Topliss-reactive ketones (excluding diaryl/α,β-unsaturated/α-hetero) is 1. The Balaban J connectivity index is 2.03. The van der Waals surface area contributed by atoms with E-state index in [0.29, 0.717) is 6.42 Å². The summed E-state index contributed by atoms with van der Waals surface area (Å²) in [5.41, 5.74) is 2.79. The average molecular weight is 285 g/mol. The van der Waals surface area contributed by atoms with E-state index < -0.39 is 0 Å². The summed E-state index contributed by atoms with van der Waals surface area (Å²) in [6, 6.07) is 11.8. The van der Waals surface area contributed by atoms with Gasteiger partial charge in [0.1, 0.15) is 0 Å². The van der Waals surface area contributed by atoms with Gasteiger partial charge >= 0.3 is 0 Å². The highest BCUT2D eigenvalue weighted by molar-refractivity contribution is 7.99. The molecule has 2 nitrogen and oxygen atoms in total. The summed E-state index contributed by atoms with van der Waals surface area (Å²) in [4.78, 5) is 17.7. The van der Waals surface area contributed by atoms with E-state index in [0.717, 1.165) is 23.4 Å². The molecular weight excluding hydrogens is 266 g/mol. The van der Waals surface area contributed by atoms with Gasteiger partial charge in [-0.1, -0.05) is 32.0 Å². The minimum atomic E-state index is 0.120. The summed E-state index contributed by atoms with van der Waals surface area (Å²) in [7, 11) is 0. The number of aromatic nitrogens is 1. The zero-order chi connectivity index (χ0) is 14.4. The number of ketones is 1. The molecule has 0 unspecified atom stereocenters. The number of carbonyl (C=O) groups excluding carboxylic acids is 1. The number of carbonyl (C=O) groups is 1. The molecule has 0 amide bonds. The van der Waals surface area contributed by atoms with Gasteiger partial charge in [-0.05, 0) is 35.9 Å². The van der Waals surface area contributed by atoms with Crippen molar-refractivity contribution in [3.05, 3.63) is 59.4 Å². The Labute approximate surface area is 124 Å². The van der Waals surface area contributed by atoms with Crippen LogP contribution in [0.4, 0.5) is 0 Å². The lowest BCUT2D eigenvalue weighted by molar-refractivity contribution is 0.0992. The van der Waals surface area contributed by atoms with E-state index in [2.05, 4.69) is 18.8 Å². The highest BCUT2D eigenvalue weighted by atomic mass is 32.2. The van der Waals surface area contributed by atoms with Crippen molar-refractivity contribution in [2.45, 2.75) is 31.6 Å². The third-order valence-electron chi connectivity index (χ3n) is 3.12.